The maximum Gasteiger partial charge on any atom is 0.309 e. The first-order valence-electron chi connectivity index (χ1n) is 7.53. The number of nitriles is 2. The molecule has 122 valence electrons. The van der Waals surface area contributed by atoms with Crippen LogP contribution < -0.4 is 0 Å². The molecule has 0 spiro atoms. The van der Waals surface area contributed by atoms with Crippen LogP contribution in [0.1, 0.15) is 39.5 Å². The third-order valence-corrected chi connectivity index (χ3v) is 4.96. The molecule has 0 unspecified atom stereocenters. The molecule has 0 amide bonds. The Balaban J connectivity index is 3.10. The number of esters is 1. The Morgan fingerprint density at radius 2 is 2.17 bits per heavy atom. The van der Waals surface area contributed by atoms with E-state index in [9.17, 15) is 15.3 Å². The molecule has 0 aromatic carbocycles. The highest BCUT2D eigenvalue weighted by molar-refractivity contribution is 14.2. The number of allylic oxidation sites excluding steroid dienone is 2. The van der Waals surface area contributed by atoms with Gasteiger partial charge in [0.25, 0.3) is 0 Å². The van der Waals surface area contributed by atoms with Crippen LogP contribution in [-0.4, -0.2) is 12.6 Å². The van der Waals surface area contributed by atoms with Gasteiger partial charge in [-0.25, -0.2) is 0 Å². The molecule has 0 radical (unpaired) electrons. The van der Waals surface area contributed by atoms with Crippen LogP contribution in [0.4, 0.5) is 0 Å². The van der Waals surface area contributed by atoms with Crippen LogP contribution in [-0.2, 0) is 9.53 Å². The highest BCUT2D eigenvalue weighted by Gasteiger charge is 2.41. The standard InChI is InChI=1S/C17H19IN2O2S/c1-3-13-10-14(16(21)22-4-2)6-7-15(13)17(11-19,12-20)8-5-9-23-18/h7,13-14H,3-4,6,8,10H2,1-2H3/t13-,14+/m1/s1. The van der Waals surface area contributed by atoms with Crippen LogP contribution in [0.25, 0.3) is 0 Å². The molecule has 0 heterocycles. The van der Waals surface area contributed by atoms with E-state index < -0.39 is 5.41 Å². The molecular weight excluding hydrogens is 423 g/mol. The van der Waals surface area contributed by atoms with Crippen LogP contribution in [0.5, 0.6) is 0 Å². The largest absolute Gasteiger partial charge is 0.466 e. The highest BCUT2D eigenvalue weighted by Crippen LogP contribution is 2.43. The van der Waals surface area contributed by atoms with Gasteiger partial charge in [-0.3, -0.25) is 4.79 Å². The summed E-state index contributed by atoms with van der Waals surface area (Å²) < 4.78 is 5.10. The molecule has 2 atom stereocenters. The number of nitrogens with zero attached hydrogens (tertiary/aromatic N) is 2. The summed E-state index contributed by atoms with van der Waals surface area (Å²) in [6.07, 6.45) is 4.01. The molecule has 0 aromatic rings. The highest BCUT2D eigenvalue weighted by atomic mass is 127. The predicted octanol–water partition coefficient (Wildman–Crippen LogP) is 4.38. The summed E-state index contributed by atoms with van der Waals surface area (Å²) in [6, 6.07) is 4.34. The first-order valence-corrected chi connectivity index (χ1v) is 10.9. The van der Waals surface area contributed by atoms with Gasteiger partial charge in [-0.1, -0.05) is 18.9 Å². The second-order valence-electron chi connectivity index (χ2n) is 5.35. The molecule has 0 N–H and O–H groups in total. The fraction of sp³-hybridized carbons (Fsp3) is 0.588. The van der Waals surface area contributed by atoms with Crippen molar-refractivity contribution in [2.24, 2.45) is 17.3 Å². The second-order valence-corrected chi connectivity index (χ2v) is 7.03. The van der Waals surface area contributed by atoms with Crippen LogP contribution in [0.3, 0.4) is 0 Å². The van der Waals surface area contributed by atoms with Crippen LogP contribution >= 0.6 is 30.1 Å². The maximum atomic E-state index is 12.0. The Kier molecular flexibility index (Phi) is 8.52. The lowest BCUT2D eigenvalue weighted by Gasteiger charge is -2.33. The summed E-state index contributed by atoms with van der Waals surface area (Å²) >= 11 is 2.06. The smallest absolute Gasteiger partial charge is 0.309 e. The normalized spacial score (nSPS) is 20.3. The van der Waals surface area contributed by atoms with Gasteiger partial charge in [0, 0.05) is 27.6 Å². The van der Waals surface area contributed by atoms with Crippen molar-refractivity contribution < 1.29 is 9.53 Å². The van der Waals surface area contributed by atoms with Gasteiger partial charge < -0.3 is 4.74 Å². The van der Waals surface area contributed by atoms with Crippen molar-refractivity contribution in [3.8, 4) is 23.3 Å². The topological polar surface area (TPSA) is 73.9 Å². The SMILES string of the molecule is CCOC(=O)[C@H]1CC=C(C(C#N)(C#N)CC#CSI)[C@H](CC)C1. The first-order chi connectivity index (χ1) is 11.1. The second kappa shape index (κ2) is 9.85. The van der Waals surface area contributed by atoms with Crippen LogP contribution in [0.2, 0.25) is 0 Å². The van der Waals surface area contributed by atoms with Gasteiger partial charge in [0.05, 0.1) is 24.7 Å². The summed E-state index contributed by atoms with van der Waals surface area (Å²) in [5.41, 5.74) is -0.405. The Hall–Kier alpha value is -1.17. The lowest BCUT2D eigenvalue weighted by molar-refractivity contribution is -0.148. The van der Waals surface area contributed by atoms with Gasteiger partial charge >= 0.3 is 5.97 Å². The average Bonchev–Trinajstić information content (AvgIpc) is 2.59. The van der Waals surface area contributed by atoms with Gasteiger partial charge in [-0.05, 0) is 51.9 Å². The van der Waals surface area contributed by atoms with Crippen molar-refractivity contribution in [2.45, 2.75) is 39.5 Å². The summed E-state index contributed by atoms with van der Waals surface area (Å²) in [6.45, 7) is 4.17. The van der Waals surface area contributed by atoms with Gasteiger partial charge in [-0.15, -0.1) is 0 Å². The van der Waals surface area contributed by atoms with Gasteiger partial charge in [0.1, 0.15) is 0 Å². The van der Waals surface area contributed by atoms with Crippen LogP contribution in [0.15, 0.2) is 11.6 Å². The predicted molar refractivity (Wildman–Crippen MR) is 98.9 cm³/mol. The number of hydrogen-bond donors (Lipinski definition) is 0. The monoisotopic (exact) mass is 442 g/mol. The molecule has 0 aliphatic heterocycles. The molecule has 0 fully saturated rings. The van der Waals surface area contributed by atoms with Crippen molar-refractivity contribution in [3.05, 3.63) is 11.6 Å². The van der Waals surface area contributed by atoms with E-state index in [1.54, 1.807) is 6.92 Å². The summed E-state index contributed by atoms with van der Waals surface area (Å²) in [7, 11) is 1.34. The lowest BCUT2D eigenvalue weighted by Crippen LogP contribution is -2.31. The molecule has 0 aromatic heterocycles. The number of hydrogen-bond acceptors (Lipinski definition) is 5. The van der Waals surface area contributed by atoms with Gasteiger partial charge in [0.15, 0.2) is 5.41 Å². The minimum atomic E-state index is -1.22. The van der Waals surface area contributed by atoms with E-state index in [-0.39, 0.29) is 24.2 Å². The van der Waals surface area contributed by atoms with E-state index in [4.69, 9.17) is 4.74 Å². The van der Waals surface area contributed by atoms with E-state index in [0.29, 0.717) is 19.4 Å². The van der Waals surface area contributed by atoms with Gasteiger partial charge in [-0.2, -0.15) is 10.5 Å². The zero-order valence-electron chi connectivity index (χ0n) is 13.3. The maximum absolute atomic E-state index is 12.0. The summed E-state index contributed by atoms with van der Waals surface area (Å²) in [5.74, 6) is 2.56. The first kappa shape index (κ1) is 19.9. The van der Waals surface area contributed by atoms with E-state index in [1.165, 1.54) is 8.93 Å². The Bertz CT molecular complexity index is 593. The van der Waals surface area contributed by atoms with E-state index in [0.717, 1.165) is 12.0 Å². The van der Waals surface area contributed by atoms with Crippen molar-refractivity contribution in [3.63, 3.8) is 0 Å². The van der Waals surface area contributed by atoms with E-state index in [1.807, 2.05) is 13.0 Å². The summed E-state index contributed by atoms with van der Waals surface area (Å²) in [4.78, 5) is 12.0. The lowest BCUT2D eigenvalue weighted by atomic mass is 9.67. The van der Waals surface area contributed by atoms with Gasteiger partial charge in [0.2, 0.25) is 0 Å². The van der Waals surface area contributed by atoms with Crippen molar-refractivity contribution in [2.75, 3.05) is 6.61 Å². The summed E-state index contributed by atoms with van der Waals surface area (Å²) in [5, 5.41) is 22.1. The third kappa shape index (κ3) is 4.90. The molecule has 23 heavy (non-hydrogen) atoms. The average molecular weight is 442 g/mol. The third-order valence-electron chi connectivity index (χ3n) is 4.08. The van der Waals surface area contributed by atoms with Crippen molar-refractivity contribution in [1.82, 2.24) is 0 Å². The van der Waals surface area contributed by atoms with E-state index in [2.05, 4.69) is 44.5 Å². The number of ether oxygens (including phenoxy) is 1. The number of carbonyl (C=O) groups excluding carboxylic acids is 1. The quantitative estimate of drug-likeness (QED) is 0.274. The number of halogens is 1. The van der Waals surface area contributed by atoms with Crippen molar-refractivity contribution >= 4 is 36.1 Å². The Morgan fingerprint density at radius 3 is 2.70 bits per heavy atom. The number of carbonyl (C=O) groups is 1. The van der Waals surface area contributed by atoms with Crippen molar-refractivity contribution in [1.29, 1.82) is 10.5 Å². The fourth-order valence-electron chi connectivity index (χ4n) is 2.90. The molecule has 1 rings (SSSR count). The van der Waals surface area contributed by atoms with Crippen LogP contribution in [0, 0.1) is 51.1 Å². The molecule has 6 heteroatoms. The molecule has 4 nitrogen and oxygen atoms in total. The minimum Gasteiger partial charge on any atom is -0.466 e. The van der Waals surface area contributed by atoms with E-state index >= 15 is 0 Å². The molecule has 0 saturated heterocycles. The fourth-order valence-corrected chi connectivity index (χ4v) is 3.49. The molecule has 1 aliphatic carbocycles. The zero-order valence-corrected chi connectivity index (χ0v) is 16.2. The Labute approximate surface area is 154 Å². The molecular formula is C17H19IN2O2S. The molecule has 0 bridgehead atoms. The minimum absolute atomic E-state index is 0.0338. The molecule has 0 saturated carbocycles. The number of rotatable bonds is 5. The zero-order chi connectivity index (χ0) is 17.3. The Morgan fingerprint density at radius 1 is 1.48 bits per heavy atom. The molecule has 1 aliphatic rings.